The number of carbonyl (C=O) groups excluding carboxylic acids is 1. The van der Waals surface area contributed by atoms with E-state index in [-0.39, 0.29) is 11.9 Å². The molecular formula is C25H39NO3. The minimum Gasteiger partial charge on any atom is -0.478 e. The average molecular weight is 402 g/mol. The number of nitrogens with zero attached hydrogens (tertiary/aromatic N) is 1. The number of ether oxygens (including phenoxy) is 2. The van der Waals surface area contributed by atoms with Crippen molar-refractivity contribution in [2.24, 2.45) is 5.92 Å². The van der Waals surface area contributed by atoms with Gasteiger partial charge >= 0.3 is 5.97 Å². The van der Waals surface area contributed by atoms with Crippen molar-refractivity contribution in [1.82, 2.24) is 4.57 Å². The third-order valence-electron chi connectivity index (χ3n) is 4.14. The van der Waals surface area contributed by atoms with Gasteiger partial charge in [-0.25, -0.2) is 4.79 Å². The number of hydrogen-bond donors (Lipinski definition) is 0. The van der Waals surface area contributed by atoms with E-state index in [1.165, 1.54) is 5.69 Å². The molecule has 162 valence electrons. The van der Waals surface area contributed by atoms with Crippen LogP contribution in [0.2, 0.25) is 0 Å². The molecule has 0 saturated carbocycles. The summed E-state index contributed by atoms with van der Waals surface area (Å²) in [5.74, 6) is 0.476. The predicted molar refractivity (Wildman–Crippen MR) is 125 cm³/mol. The fourth-order valence-corrected chi connectivity index (χ4v) is 2.73. The summed E-state index contributed by atoms with van der Waals surface area (Å²) in [5.41, 5.74) is 2.31. The van der Waals surface area contributed by atoms with Gasteiger partial charge in [-0.05, 0) is 59.7 Å². The first kappa shape index (κ1) is 26.5. The highest BCUT2D eigenvalue weighted by atomic mass is 16.6. The van der Waals surface area contributed by atoms with Gasteiger partial charge in [0.2, 0.25) is 0 Å². The van der Waals surface area contributed by atoms with Crippen LogP contribution >= 0.6 is 0 Å². The summed E-state index contributed by atoms with van der Waals surface area (Å²) in [5, 5.41) is 1.04. The molecule has 1 atom stereocenters. The summed E-state index contributed by atoms with van der Waals surface area (Å²) in [4.78, 5) is 12.1. The van der Waals surface area contributed by atoms with Crippen molar-refractivity contribution in [3.05, 3.63) is 54.8 Å². The van der Waals surface area contributed by atoms with E-state index >= 15 is 0 Å². The Hall–Kier alpha value is -2.49. The van der Waals surface area contributed by atoms with Crippen LogP contribution in [0.4, 0.5) is 0 Å². The fourth-order valence-electron chi connectivity index (χ4n) is 2.73. The molecule has 0 spiro atoms. The standard InChI is InChI=1S/C18H25NO3.C4H8.C3H6/c1-6-19-13(5)11-14-15(19)9-8-10-16(14)22-17(12(3)4)18(20)21-7-2;1-3-4-2;1-3-2/h8-12,17H,6-7H2,1-5H3;3-4H,1-2H3;3H,1H2,2H3/b;4-3-;. The van der Waals surface area contributed by atoms with Gasteiger partial charge in [0.05, 0.1) is 12.1 Å². The zero-order chi connectivity index (χ0) is 22.4. The largest absolute Gasteiger partial charge is 0.478 e. The van der Waals surface area contributed by atoms with Gasteiger partial charge in [-0.1, -0.05) is 38.1 Å². The van der Waals surface area contributed by atoms with Crippen molar-refractivity contribution in [3.63, 3.8) is 0 Å². The third-order valence-corrected chi connectivity index (χ3v) is 4.14. The maximum absolute atomic E-state index is 12.1. The summed E-state index contributed by atoms with van der Waals surface area (Å²) < 4.78 is 13.4. The molecule has 4 heteroatoms. The summed E-state index contributed by atoms with van der Waals surface area (Å²) >= 11 is 0. The number of carbonyl (C=O) groups is 1. The zero-order valence-electron chi connectivity index (χ0n) is 19.5. The number of aromatic nitrogens is 1. The van der Waals surface area contributed by atoms with E-state index in [4.69, 9.17) is 9.47 Å². The van der Waals surface area contributed by atoms with Crippen molar-refractivity contribution in [2.45, 2.75) is 68.0 Å². The minimum absolute atomic E-state index is 0.0451. The zero-order valence-corrected chi connectivity index (χ0v) is 19.5. The van der Waals surface area contributed by atoms with E-state index in [0.717, 1.165) is 23.2 Å². The molecule has 0 radical (unpaired) electrons. The highest BCUT2D eigenvalue weighted by molar-refractivity contribution is 5.88. The molecule has 4 nitrogen and oxygen atoms in total. The van der Waals surface area contributed by atoms with Gasteiger partial charge in [0.1, 0.15) is 5.75 Å². The molecular weight excluding hydrogens is 362 g/mol. The number of aryl methyl sites for hydroxylation is 2. The minimum atomic E-state index is -0.587. The quantitative estimate of drug-likeness (QED) is 0.399. The molecule has 1 unspecified atom stereocenters. The van der Waals surface area contributed by atoms with E-state index < -0.39 is 6.10 Å². The Balaban J connectivity index is 0.000000975. The molecule has 29 heavy (non-hydrogen) atoms. The van der Waals surface area contributed by atoms with Crippen molar-refractivity contribution in [1.29, 1.82) is 0 Å². The van der Waals surface area contributed by atoms with Gasteiger partial charge in [-0.2, -0.15) is 0 Å². The van der Waals surface area contributed by atoms with Crippen LogP contribution < -0.4 is 4.74 Å². The molecule has 0 aliphatic heterocycles. The van der Waals surface area contributed by atoms with Crippen LogP contribution in [0.1, 0.15) is 54.2 Å². The molecule has 2 rings (SSSR count). The normalized spacial score (nSPS) is 11.3. The van der Waals surface area contributed by atoms with Gasteiger partial charge in [-0.15, -0.1) is 6.58 Å². The third kappa shape index (κ3) is 8.18. The number of allylic oxidation sites excluding steroid dienone is 3. The summed E-state index contributed by atoms with van der Waals surface area (Å²) in [6.07, 6.45) is 5.16. The Morgan fingerprint density at radius 1 is 1.17 bits per heavy atom. The Morgan fingerprint density at radius 2 is 1.76 bits per heavy atom. The van der Waals surface area contributed by atoms with E-state index in [9.17, 15) is 4.79 Å². The van der Waals surface area contributed by atoms with Crippen LogP contribution in [0.25, 0.3) is 10.9 Å². The van der Waals surface area contributed by atoms with Crippen molar-refractivity contribution < 1.29 is 14.3 Å². The molecule has 0 aliphatic carbocycles. The summed E-state index contributed by atoms with van der Waals surface area (Å²) in [6, 6.07) is 8.06. The number of esters is 1. The Labute approximate surface area is 177 Å². The predicted octanol–water partition coefficient (Wildman–Crippen LogP) is 6.71. The highest BCUT2D eigenvalue weighted by Gasteiger charge is 2.26. The van der Waals surface area contributed by atoms with Crippen LogP contribution in [0.3, 0.4) is 0 Å². The SMILES string of the molecule is C/C=C\C.C=CC.CCOC(=O)C(Oc1cccc2c1cc(C)n2CC)C(C)C. The Bertz CT molecular complexity index is 768. The lowest BCUT2D eigenvalue weighted by Crippen LogP contribution is -2.34. The maximum Gasteiger partial charge on any atom is 0.347 e. The van der Waals surface area contributed by atoms with Crippen molar-refractivity contribution in [2.75, 3.05) is 6.61 Å². The lowest BCUT2D eigenvalue weighted by molar-refractivity contribution is -0.153. The number of benzene rings is 1. The van der Waals surface area contributed by atoms with Crippen molar-refractivity contribution >= 4 is 16.9 Å². The molecule has 1 aromatic heterocycles. The molecule has 1 aromatic carbocycles. The number of hydrogen-bond acceptors (Lipinski definition) is 3. The lowest BCUT2D eigenvalue weighted by Gasteiger charge is -2.21. The maximum atomic E-state index is 12.1. The topological polar surface area (TPSA) is 40.5 Å². The van der Waals surface area contributed by atoms with E-state index in [2.05, 4.69) is 37.1 Å². The first-order valence-electron chi connectivity index (χ1n) is 10.4. The highest BCUT2D eigenvalue weighted by Crippen LogP contribution is 2.30. The Kier molecular flexibility index (Phi) is 13.3. The second-order valence-electron chi connectivity index (χ2n) is 6.83. The molecule has 1 heterocycles. The monoisotopic (exact) mass is 401 g/mol. The second kappa shape index (κ2) is 14.5. The molecule has 0 aliphatic rings. The van der Waals surface area contributed by atoms with Gasteiger partial charge in [0.15, 0.2) is 6.10 Å². The van der Waals surface area contributed by atoms with Gasteiger partial charge in [-0.3, -0.25) is 0 Å². The molecule has 0 amide bonds. The first-order chi connectivity index (χ1) is 13.8. The lowest BCUT2D eigenvalue weighted by atomic mass is 10.1. The van der Waals surface area contributed by atoms with Gasteiger partial charge in [0, 0.05) is 23.5 Å². The molecule has 0 saturated heterocycles. The first-order valence-corrected chi connectivity index (χ1v) is 10.4. The smallest absolute Gasteiger partial charge is 0.347 e. The molecule has 0 fully saturated rings. The average Bonchev–Trinajstić information content (AvgIpc) is 3.02. The second-order valence-corrected chi connectivity index (χ2v) is 6.83. The number of rotatable bonds is 6. The Morgan fingerprint density at radius 3 is 2.21 bits per heavy atom. The summed E-state index contributed by atoms with van der Waals surface area (Å²) in [7, 11) is 0. The van der Waals surface area contributed by atoms with Gasteiger partial charge < -0.3 is 14.0 Å². The van der Waals surface area contributed by atoms with Crippen LogP contribution in [0.5, 0.6) is 5.75 Å². The summed E-state index contributed by atoms with van der Waals surface area (Å²) in [6.45, 7) is 20.5. The van der Waals surface area contributed by atoms with Crippen LogP contribution in [-0.4, -0.2) is 23.2 Å². The van der Waals surface area contributed by atoms with Crippen LogP contribution in [0, 0.1) is 12.8 Å². The fraction of sp³-hybridized carbons (Fsp3) is 0.480. The van der Waals surface area contributed by atoms with Crippen molar-refractivity contribution in [3.8, 4) is 5.75 Å². The van der Waals surface area contributed by atoms with E-state index in [0.29, 0.717) is 6.61 Å². The van der Waals surface area contributed by atoms with Gasteiger partial charge in [0.25, 0.3) is 0 Å². The van der Waals surface area contributed by atoms with Crippen LogP contribution in [0.15, 0.2) is 49.1 Å². The van der Waals surface area contributed by atoms with E-state index in [1.807, 2.05) is 58.9 Å². The molecule has 0 N–H and O–H groups in total. The molecule has 0 bridgehead atoms. The van der Waals surface area contributed by atoms with E-state index in [1.54, 1.807) is 13.0 Å². The number of fused-ring (bicyclic) bond motifs is 1. The van der Waals surface area contributed by atoms with Crippen LogP contribution in [-0.2, 0) is 16.1 Å². The molecule has 2 aromatic rings.